The maximum atomic E-state index is 13.5. The number of hydrogen-bond donors (Lipinski definition) is 2. The molecular formula is C64H120N2O7P+. The van der Waals surface area contributed by atoms with Crippen LogP contribution < -0.4 is 5.32 Å². The van der Waals surface area contributed by atoms with Gasteiger partial charge in [-0.05, 0) is 96.0 Å². The number of rotatable bonds is 56. The zero-order chi connectivity index (χ0) is 54.3. The number of allylic oxidation sites excluding steroid dienone is 9. The second-order valence-electron chi connectivity index (χ2n) is 22.2. The van der Waals surface area contributed by atoms with Crippen molar-refractivity contribution in [3.05, 3.63) is 60.8 Å². The first-order valence-electron chi connectivity index (χ1n) is 31.1. The van der Waals surface area contributed by atoms with E-state index in [0.29, 0.717) is 17.4 Å². The SMILES string of the molecule is CCCCC/C=C\C/C=C\CCCCCCCCCCCC(=O)OC(/C=C/CCCCCCCCCCCC)C(COP(=O)(O)OCC[N+](C)(C)C)NC(=O)CCCCCCCCC/C=C\C/C=C\CCCCC. The molecule has 0 aliphatic heterocycles. The third-order valence-electron chi connectivity index (χ3n) is 13.7. The molecule has 0 aromatic rings. The molecule has 0 spiro atoms. The van der Waals surface area contributed by atoms with E-state index in [1.54, 1.807) is 0 Å². The van der Waals surface area contributed by atoms with E-state index in [1.165, 1.54) is 167 Å². The summed E-state index contributed by atoms with van der Waals surface area (Å²) in [5.74, 6) is -0.514. The standard InChI is InChI=1S/C64H119N2O7P/c1-7-10-13-16-19-22-25-28-30-32-33-35-37-39-42-45-48-51-54-57-64(68)73-62(55-52-49-46-43-40-27-24-21-18-15-12-9-3)61(60-72-74(69,70)71-59-58-66(4,5)6)65-63(67)56-53-50-47-44-41-38-36-34-31-29-26-23-20-17-14-11-8-2/h19-20,22-23,28-31,52,55,61-62H,7-18,21,24-27,32-51,53-54,56-60H2,1-6H3,(H-,65,67,69,70)/p+1/b22-19-,23-20-,30-28-,31-29-,55-52+. The molecule has 74 heavy (non-hydrogen) atoms. The number of phosphoric ester groups is 1. The molecule has 0 fully saturated rings. The summed E-state index contributed by atoms with van der Waals surface area (Å²) in [7, 11) is 1.49. The molecule has 0 aromatic carbocycles. The van der Waals surface area contributed by atoms with E-state index in [0.717, 1.165) is 83.5 Å². The number of phosphoric acid groups is 1. The Morgan fingerprint density at radius 3 is 1.24 bits per heavy atom. The Kier molecular flexibility index (Phi) is 52.4. The molecule has 0 heterocycles. The van der Waals surface area contributed by atoms with Crippen LogP contribution in [-0.4, -0.2) is 74.3 Å². The van der Waals surface area contributed by atoms with Crippen LogP contribution in [0.15, 0.2) is 60.8 Å². The molecule has 0 saturated heterocycles. The van der Waals surface area contributed by atoms with Crippen molar-refractivity contribution < 1.29 is 37.3 Å². The van der Waals surface area contributed by atoms with Crippen LogP contribution >= 0.6 is 7.82 Å². The van der Waals surface area contributed by atoms with Crippen LogP contribution in [0.2, 0.25) is 0 Å². The molecule has 0 saturated carbocycles. The lowest BCUT2D eigenvalue weighted by Gasteiger charge is -2.27. The van der Waals surface area contributed by atoms with E-state index in [2.05, 4.69) is 74.7 Å². The van der Waals surface area contributed by atoms with Crippen molar-refractivity contribution in [1.82, 2.24) is 5.32 Å². The fourth-order valence-electron chi connectivity index (χ4n) is 8.82. The Morgan fingerprint density at radius 1 is 0.473 bits per heavy atom. The molecule has 10 heteroatoms. The van der Waals surface area contributed by atoms with Gasteiger partial charge in [-0.25, -0.2) is 4.57 Å². The smallest absolute Gasteiger partial charge is 0.456 e. The highest BCUT2D eigenvalue weighted by molar-refractivity contribution is 7.47. The van der Waals surface area contributed by atoms with Crippen molar-refractivity contribution >= 4 is 19.7 Å². The average Bonchev–Trinajstić information content (AvgIpc) is 3.36. The fraction of sp³-hybridized carbons (Fsp3) is 0.812. The molecule has 0 bridgehead atoms. The summed E-state index contributed by atoms with van der Waals surface area (Å²) in [4.78, 5) is 37.7. The van der Waals surface area contributed by atoms with Gasteiger partial charge in [0.1, 0.15) is 19.3 Å². The molecule has 2 N–H and O–H groups in total. The average molecular weight is 1060 g/mol. The lowest BCUT2D eigenvalue weighted by atomic mass is 10.0. The predicted molar refractivity (Wildman–Crippen MR) is 318 cm³/mol. The van der Waals surface area contributed by atoms with Crippen LogP contribution in [0.5, 0.6) is 0 Å². The number of unbranched alkanes of at least 4 members (excludes halogenated alkanes) is 32. The Labute approximate surface area is 458 Å². The molecule has 0 rings (SSSR count). The highest BCUT2D eigenvalue weighted by Crippen LogP contribution is 2.43. The number of carbonyl (C=O) groups is 2. The molecular weight excluding hydrogens is 940 g/mol. The second kappa shape index (κ2) is 54.1. The molecule has 9 nitrogen and oxygen atoms in total. The topological polar surface area (TPSA) is 111 Å². The Morgan fingerprint density at radius 2 is 0.824 bits per heavy atom. The summed E-state index contributed by atoms with van der Waals surface area (Å²) in [5, 5.41) is 3.05. The van der Waals surface area contributed by atoms with Crippen molar-refractivity contribution in [2.45, 2.75) is 296 Å². The highest BCUT2D eigenvalue weighted by atomic mass is 31.2. The van der Waals surface area contributed by atoms with Crippen LogP contribution in [0.3, 0.4) is 0 Å². The molecule has 3 atom stereocenters. The Bertz CT molecular complexity index is 1450. The van der Waals surface area contributed by atoms with Gasteiger partial charge in [-0.2, -0.15) is 0 Å². The fourth-order valence-corrected chi connectivity index (χ4v) is 9.56. The normalized spacial score (nSPS) is 14.1. The molecule has 0 aliphatic rings. The van der Waals surface area contributed by atoms with E-state index < -0.39 is 20.0 Å². The van der Waals surface area contributed by atoms with Crippen molar-refractivity contribution in [2.24, 2.45) is 0 Å². The lowest BCUT2D eigenvalue weighted by molar-refractivity contribution is -0.870. The number of ether oxygens (including phenoxy) is 1. The number of quaternary nitrogens is 1. The van der Waals surface area contributed by atoms with E-state index in [-0.39, 0.29) is 31.5 Å². The zero-order valence-electron chi connectivity index (χ0n) is 49.3. The minimum absolute atomic E-state index is 0.0369. The minimum Gasteiger partial charge on any atom is -0.456 e. The third-order valence-corrected chi connectivity index (χ3v) is 14.7. The highest BCUT2D eigenvalue weighted by Gasteiger charge is 2.30. The minimum atomic E-state index is -4.45. The number of hydrogen-bond acceptors (Lipinski definition) is 6. The van der Waals surface area contributed by atoms with Crippen molar-refractivity contribution in [2.75, 3.05) is 40.9 Å². The molecule has 3 unspecified atom stereocenters. The van der Waals surface area contributed by atoms with Gasteiger partial charge in [-0.1, -0.05) is 236 Å². The van der Waals surface area contributed by atoms with Crippen molar-refractivity contribution in [3.63, 3.8) is 0 Å². The predicted octanol–water partition coefficient (Wildman–Crippen LogP) is 19.1. The zero-order valence-corrected chi connectivity index (χ0v) is 50.2. The van der Waals surface area contributed by atoms with E-state index in [4.69, 9.17) is 13.8 Å². The number of carbonyl (C=O) groups excluding carboxylic acids is 2. The summed E-state index contributed by atoms with van der Waals surface area (Å²) >= 11 is 0. The molecule has 432 valence electrons. The van der Waals surface area contributed by atoms with Gasteiger partial charge in [0.05, 0.1) is 33.8 Å². The number of nitrogens with one attached hydrogen (secondary N) is 1. The first-order chi connectivity index (χ1) is 35.9. The van der Waals surface area contributed by atoms with Gasteiger partial charge >= 0.3 is 13.8 Å². The number of nitrogens with zero attached hydrogens (tertiary/aromatic N) is 1. The van der Waals surface area contributed by atoms with Gasteiger partial charge in [0, 0.05) is 12.8 Å². The first kappa shape index (κ1) is 71.7. The van der Waals surface area contributed by atoms with E-state index >= 15 is 0 Å². The van der Waals surface area contributed by atoms with Crippen LogP contribution in [-0.2, 0) is 27.9 Å². The van der Waals surface area contributed by atoms with Gasteiger partial charge in [-0.3, -0.25) is 18.6 Å². The number of esters is 1. The summed E-state index contributed by atoms with van der Waals surface area (Å²) in [6, 6.07) is -0.855. The summed E-state index contributed by atoms with van der Waals surface area (Å²) in [5.41, 5.74) is 0. The van der Waals surface area contributed by atoms with Gasteiger partial charge < -0.3 is 19.4 Å². The van der Waals surface area contributed by atoms with Crippen molar-refractivity contribution in [1.29, 1.82) is 0 Å². The quantitative estimate of drug-likeness (QED) is 0.0205. The third kappa shape index (κ3) is 54.5. The van der Waals surface area contributed by atoms with E-state index in [1.807, 2.05) is 33.3 Å². The van der Waals surface area contributed by atoms with Crippen LogP contribution in [0.4, 0.5) is 0 Å². The number of likely N-dealkylation sites (N-methyl/N-ethyl adjacent to an activating group) is 1. The first-order valence-corrected chi connectivity index (χ1v) is 32.6. The molecule has 1 amide bonds. The van der Waals surface area contributed by atoms with Gasteiger partial charge in [0.2, 0.25) is 5.91 Å². The van der Waals surface area contributed by atoms with Gasteiger partial charge in [0.15, 0.2) is 0 Å². The van der Waals surface area contributed by atoms with Gasteiger partial charge in [0.25, 0.3) is 0 Å². The Hall–Kier alpha value is -2.29. The van der Waals surface area contributed by atoms with Crippen LogP contribution in [0.25, 0.3) is 0 Å². The summed E-state index contributed by atoms with van der Waals surface area (Å²) < 4.78 is 30.7. The van der Waals surface area contributed by atoms with Crippen LogP contribution in [0, 0.1) is 0 Å². The lowest BCUT2D eigenvalue weighted by Crippen LogP contribution is -2.47. The Balaban J connectivity index is 5.27. The van der Waals surface area contributed by atoms with Gasteiger partial charge in [-0.15, -0.1) is 0 Å². The van der Waals surface area contributed by atoms with Crippen LogP contribution in [0.1, 0.15) is 284 Å². The summed E-state index contributed by atoms with van der Waals surface area (Å²) in [6.07, 6.45) is 67.8. The largest absolute Gasteiger partial charge is 0.472 e. The second-order valence-corrected chi connectivity index (χ2v) is 23.7. The molecule has 0 aromatic heterocycles. The maximum absolute atomic E-state index is 13.5. The molecule has 0 aliphatic carbocycles. The van der Waals surface area contributed by atoms with E-state index in [9.17, 15) is 19.0 Å². The van der Waals surface area contributed by atoms with Crippen molar-refractivity contribution in [3.8, 4) is 0 Å². The summed E-state index contributed by atoms with van der Waals surface area (Å²) in [6.45, 7) is 6.97. The number of amides is 1. The monoisotopic (exact) mass is 1060 g/mol. The maximum Gasteiger partial charge on any atom is 0.472 e. The molecule has 0 radical (unpaired) electrons.